The maximum absolute atomic E-state index is 12.1. The van der Waals surface area contributed by atoms with Crippen LogP contribution in [-0.2, 0) is 28.7 Å². The van der Waals surface area contributed by atoms with E-state index in [1.165, 1.54) is 28.8 Å². The van der Waals surface area contributed by atoms with Crippen molar-refractivity contribution < 1.29 is 30.4 Å². The van der Waals surface area contributed by atoms with Crippen LogP contribution in [0.25, 0.3) is 0 Å². The number of aryl methyl sites for hydroxylation is 2. The molecule has 0 unspecified atom stereocenters. The van der Waals surface area contributed by atoms with Gasteiger partial charge in [0, 0.05) is 16.1 Å². The van der Waals surface area contributed by atoms with E-state index in [2.05, 4.69) is 0 Å². The molecule has 5 rings (SSSR count). The highest BCUT2D eigenvalue weighted by molar-refractivity contribution is 8.15. The second kappa shape index (κ2) is 13.5. The monoisotopic (exact) mass is 689 g/mol. The lowest BCUT2D eigenvalue weighted by atomic mass is 10.4. The lowest BCUT2D eigenvalue weighted by Crippen LogP contribution is -2.00. The molecule has 0 saturated carbocycles. The van der Waals surface area contributed by atoms with Crippen LogP contribution in [0, 0.1) is 13.8 Å². The molecule has 0 aliphatic heterocycles. The van der Waals surface area contributed by atoms with Gasteiger partial charge in [0.05, 0.1) is 15.5 Å². The van der Waals surface area contributed by atoms with Gasteiger partial charge >= 0.3 is 0 Å². The molecule has 0 radical (unpaired) electrons. The molecule has 2 aromatic carbocycles. The second-order valence-electron chi connectivity index (χ2n) is 8.18. The van der Waals surface area contributed by atoms with E-state index < -0.39 is 28.7 Å². The lowest BCUT2D eigenvalue weighted by molar-refractivity contribution is 0.466. The molecular formula is C26H24ClNO7S6. The zero-order chi connectivity index (χ0) is 30.4. The maximum Gasteiger partial charge on any atom is 0.270 e. The topological polar surface area (TPSA) is 149 Å². The van der Waals surface area contributed by atoms with Gasteiger partial charge in [-0.25, -0.2) is 25.3 Å². The van der Waals surface area contributed by atoms with Crippen molar-refractivity contribution in [1.29, 1.82) is 0 Å². The van der Waals surface area contributed by atoms with Crippen LogP contribution in [0.15, 0.2) is 111 Å². The van der Waals surface area contributed by atoms with Crippen LogP contribution in [0.3, 0.4) is 0 Å². The van der Waals surface area contributed by atoms with Gasteiger partial charge in [0.15, 0.2) is 9.96 Å². The van der Waals surface area contributed by atoms with Gasteiger partial charge in [0.25, 0.3) is 9.05 Å². The Kier molecular flexibility index (Phi) is 10.8. The van der Waals surface area contributed by atoms with E-state index in [4.69, 9.17) is 16.4 Å². The van der Waals surface area contributed by atoms with Crippen molar-refractivity contribution in [3.8, 4) is 5.75 Å². The molecule has 0 aliphatic rings. The quantitative estimate of drug-likeness (QED) is 0.193. The Morgan fingerprint density at radius 3 is 1.37 bits per heavy atom. The molecule has 0 bridgehead atoms. The minimum Gasteiger partial charge on any atom is -0.504 e. The highest BCUT2D eigenvalue weighted by atomic mass is 35.7. The number of hydrogen-bond acceptors (Lipinski definition) is 11. The van der Waals surface area contributed by atoms with Gasteiger partial charge in [-0.3, -0.25) is 0 Å². The normalized spacial score (nSPS) is 11.6. The standard InChI is InChI=1S/C11H10O2S2.C10H9NO3S2.C5H5ClO2S2/c1-9-7-8-14-11(9)15(12,13)10-5-3-2-4-6-10;11-8-6-15-10(9(8)12)16(13,14)7-4-2-1-3-5-7;1-4-2-3-9-5(4)10(6,7)8/h2-8H,1H3;1-6,12H,11H2;2-3H,1H3. The van der Waals surface area contributed by atoms with Gasteiger partial charge in [0.2, 0.25) is 19.7 Å². The third kappa shape index (κ3) is 7.97. The summed E-state index contributed by atoms with van der Waals surface area (Å²) in [5.41, 5.74) is 7.01. The number of sulfone groups is 2. The lowest BCUT2D eigenvalue weighted by Gasteiger charge is -2.02. The molecule has 0 fully saturated rings. The van der Waals surface area contributed by atoms with E-state index in [0.717, 1.165) is 28.2 Å². The Labute approximate surface area is 255 Å². The molecule has 3 heterocycles. The third-order valence-corrected chi connectivity index (χ3v) is 15.2. The SMILES string of the molecule is Cc1ccsc1S(=O)(=O)Cl.Cc1ccsc1S(=O)(=O)c1ccccc1.Nc1csc(S(=O)(=O)c2ccccc2)c1O. The third-order valence-electron chi connectivity index (χ3n) is 5.21. The largest absolute Gasteiger partial charge is 0.504 e. The Bertz CT molecular complexity index is 1930. The average molecular weight is 690 g/mol. The Hall–Kier alpha value is -2.72. The van der Waals surface area contributed by atoms with E-state index >= 15 is 0 Å². The van der Waals surface area contributed by atoms with E-state index in [1.807, 2.05) is 13.0 Å². The molecule has 8 nitrogen and oxygen atoms in total. The van der Waals surface area contributed by atoms with Gasteiger partial charge in [0.1, 0.15) is 8.42 Å². The van der Waals surface area contributed by atoms with E-state index in [0.29, 0.717) is 14.7 Å². The van der Waals surface area contributed by atoms with Gasteiger partial charge in [-0.15, -0.1) is 34.0 Å². The second-order valence-corrected chi connectivity index (χ2v) is 17.9. The van der Waals surface area contributed by atoms with Gasteiger partial charge in [-0.1, -0.05) is 36.4 Å². The van der Waals surface area contributed by atoms with Crippen molar-refractivity contribution in [2.45, 2.75) is 36.3 Å². The molecule has 0 atom stereocenters. The first-order valence-electron chi connectivity index (χ1n) is 11.4. The maximum atomic E-state index is 12.1. The molecule has 5 aromatic rings. The smallest absolute Gasteiger partial charge is 0.270 e. The summed E-state index contributed by atoms with van der Waals surface area (Å²) < 4.78 is 70.3. The first-order chi connectivity index (χ1) is 19.2. The predicted octanol–water partition coefficient (Wildman–Crippen LogP) is 6.74. The predicted molar refractivity (Wildman–Crippen MR) is 165 cm³/mol. The highest BCUT2D eigenvalue weighted by Crippen LogP contribution is 2.38. The number of aromatic hydroxyl groups is 1. The van der Waals surface area contributed by atoms with Crippen molar-refractivity contribution in [2.75, 3.05) is 5.73 Å². The van der Waals surface area contributed by atoms with Gasteiger partial charge < -0.3 is 10.8 Å². The number of rotatable bonds is 5. The van der Waals surface area contributed by atoms with Crippen molar-refractivity contribution in [3.63, 3.8) is 0 Å². The summed E-state index contributed by atoms with van der Waals surface area (Å²) in [6.45, 7) is 3.53. The van der Waals surface area contributed by atoms with E-state index in [1.54, 1.807) is 72.3 Å². The van der Waals surface area contributed by atoms with Crippen molar-refractivity contribution >= 4 is 79.1 Å². The van der Waals surface area contributed by atoms with Crippen LogP contribution in [0.2, 0.25) is 0 Å². The fraction of sp³-hybridized carbons (Fsp3) is 0.0769. The summed E-state index contributed by atoms with van der Waals surface area (Å²) >= 11 is 3.31. The zero-order valence-corrected chi connectivity index (χ0v) is 27.1. The first kappa shape index (κ1) is 32.8. The van der Waals surface area contributed by atoms with Crippen LogP contribution >= 0.6 is 44.7 Å². The number of benzene rings is 2. The molecule has 3 aromatic heterocycles. The Morgan fingerprint density at radius 1 is 0.634 bits per heavy atom. The Morgan fingerprint density at radius 2 is 1.05 bits per heavy atom. The van der Waals surface area contributed by atoms with Crippen LogP contribution in [0.5, 0.6) is 5.75 Å². The number of halogens is 1. The van der Waals surface area contributed by atoms with Crippen molar-refractivity contribution in [3.05, 3.63) is 100 Å². The fourth-order valence-electron chi connectivity index (χ4n) is 3.19. The fourth-order valence-corrected chi connectivity index (χ4v) is 11.1. The first-order valence-corrected chi connectivity index (χ1v) is 19.3. The summed E-state index contributed by atoms with van der Waals surface area (Å²) in [4.78, 5) is 0.503. The molecule has 0 saturated heterocycles. The molecule has 41 heavy (non-hydrogen) atoms. The Balaban J connectivity index is 0.000000174. The van der Waals surface area contributed by atoms with Crippen molar-refractivity contribution in [1.82, 2.24) is 0 Å². The van der Waals surface area contributed by atoms with Crippen molar-refractivity contribution in [2.24, 2.45) is 0 Å². The molecule has 218 valence electrons. The molecular weight excluding hydrogens is 666 g/mol. The molecule has 0 aliphatic carbocycles. The number of nitrogen functional groups attached to an aromatic ring is 1. The number of thiophene rings is 3. The number of nitrogens with two attached hydrogens (primary N) is 1. The van der Waals surface area contributed by atoms with Gasteiger partial charge in [-0.05, 0) is 72.1 Å². The van der Waals surface area contributed by atoms with Gasteiger partial charge in [-0.2, -0.15) is 0 Å². The summed E-state index contributed by atoms with van der Waals surface area (Å²) in [5, 5.41) is 14.4. The van der Waals surface area contributed by atoms with Crippen LogP contribution in [0.1, 0.15) is 11.1 Å². The summed E-state index contributed by atoms with van der Waals surface area (Å²) in [5.74, 6) is -0.367. The number of hydrogen-bond donors (Lipinski definition) is 2. The zero-order valence-electron chi connectivity index (χ0n) is 21.5. The molecule has 0 spiro atoms. The van der Waals surface area contributed by atoms with E-state index in [-0.39, 0.29) is 24.8 Å². The minimum atomic E-state index is -3.66. The number of anilines is 1. The highest BCUT2D eigenvalue weighted by Gasteiger charge is 2.24. The van der Waals surface area contributed by atoms with Crippen LogP contribution in [0.4, 0.5) is 5.69 Å². The van der Waals surface area contributed by atoms with Crippen LogP contribution in [-0.4, -0.2) is 30.4 Å². The summed E-state index contributed by atoms with van der Waals surface area (Å²) in [7, 11) is -5.38. The summed E-state index contributed by atoms with van der Waals surface area (Å²) in [6.07, 6.45) is 0. The van der Waals surface area contributed by atoms with E-state index in [9.17, 15) is 30.4 Å². The van der Waals surface area contributed by atoms with Crippen LogP contribution < -0.4 is 5.73 Å². The molecule has 15 heteroatoms. The molecule has 0 amide bonds. The minimum absolute atomic E-state index is 0.0829. The summed E-state index contributed by atoms with van der Waals surface area (Å²) in [6, 6.07) is 20.0. The molecule has 3 N–H and O–H groups in total. The average Bonchev–Trinajstić information content (AvgIpc) is 3.66.